The zero-order chi connectivity index (χ0) is 12.1. The van der Waals surface area contributed by atoms with Gasteiger partial charge in [-0.15, -0.1) is 0 Å². The molecule has 1 atom stereocenters. The van der Waals surface area contributed by atoms with E-state index in [-0.39, 0.29) is 0 Å². The molecular formula is C12H15N3OS. The lowest BCUT2D eigenvalue weighted by Gasteiger charge is -2.21. The third kappa shape index (κ3) is 3.11. The normalized spacial score (nSPS) is 18.5. The highest BCUT2D eigenvalue weighted by Gasteiger charge is 2.19. The zero-order valence-electron chi connectivity index (χ0n) is 9.56. The minimum Gasteiger partial charge on any atom is -0.317 e. The summed E-state index contributed by atoms with van der Waals surface area (Å²) in [6, 6.07) is 5.41. The number of aromatic nitrogens is 1. The zero-order valence-corrected chi connectivity index (χ0v) is 10.4. The van der Waals surface area contributed by atoms with Crippen molar-refractivity contribution < 1.29 is 4.21 Å². The van der Waals surface area contributed by atoms with Crippen LogP contribution in [-0.2, 0) is 10.8 Å². The highest BCUT2D eigenvalue weighted by molar-refractivity contribution is 7.85. The van der Waals surface area contributed by atoms with Gasteiger partial charge < -0.3 is 5.32 Å². The van der Waals surface area contributed by atoms with E-state index >= 15 is 0 Å². The highest BCUT2D eigenvalue weighted by atomic mass is 32.2. The van der Waals surface area contributed by atoms with Crippen LogP contribution < -0.4 is 5.32 Å². The van der Waals surface area contributed by atoms with Crippen molar-refractivity contribution in [2.75, 3.05) is 18.8 Å². The molecule has 0 amide bonds. The van der Waals surface area contributed by atoms with Crippen LogP contribution in [0.25, 0.3) is 0 Å². The third-order valence-corrected chi connectivity index (χ3v) is 4.48. The predicted molar refractivity (Wildman–Crippen MR) is 65.8 cm³/mol. The van der Waals surface area contributed by atoms with E-state index in [0.29, 0.717) is 22.3 Å². The number of nitrogens with one attached hydrogen (secondary N) is 1. The van der Waals surface area contributed by atoms with Crippen molar-refractivity contribution in [3.63, 3.8) is 0 Å². The molecule has 0 bridgehead atoms. The van der Waals surface area contributed by atoms with Crippen molar-refractivity contribution in [2.45, 2.75) is 17.9 Å². The standard InChI is InChI=1S/C12H15N3OS/c13-8-11-2-1-5-15-12(11)17(16)9-10-3-6-14-7-4-10/h1-2,5,10,14H,3-4,6-7,9H2/t17-/m0/s1. The molecule has 0 spiro atoms. The second-order valence-electron chi connectivity index (χ2n) is 4.17. The minimum absolute atomic E-state index is 0.430. The molecule has 1 fully saturated rings. The first-order valence-corrected chi connectivity index (χ1v) is 7.07. The number of piperidine rings is 1. The van der Waals surface area contributed by atoms with E-state index in [0.717, 1.165) is 25.9 Å². The first kappa shape index (κ1) is 12.2. The van der Waals surface area contributed by atoms with Gasteiger partial charge in [-0.3, -0.25) is 4.21 Å². The van der Waals surface area contributed by atoms with Gasteiger partial charge in [0.05, 0.1) is 16.4 Å². The van der Waals surface area contributed by atoms with Gasteiger partial charge in [0.25, 0.3) is 0 Å². The molecule has 0 saturated carbocycles. The van der Waals surface area contributed by atoms with Gasteiger partial charge in [0.15, 0.2) is 0 Å². The van der Waals surface area contributed by atoms with E-state index in [2.05, 4.69) is 10.3 Å². The van der Waals surface area contributed by atoms with Crippen LogP contribution in [0.2, 0.25) is 0 Å². The fourth-order valence-corrected chi connectivity index (χ4v) is 3.46. The average Bonchev–Trinajstić information content (AvgIpc) is 2.40. The maximum atomic E-state index is 12.2. The summed E-state index contributed by atoms with van der Waals surface area (Å²) in [5.41, 5.74) is 0.430. The Balaban J connectivity index is 2.06. The smallest absolute Gasteiger partial charge is 0.144 e. The van der Waals surface area contributed by atoms with Crippen molar-refractivity contribution in [1.82, 2.24) is 10.3 Å². The van der Waals surface area contributed by atoms with E-state index in [9.17, 15) is 4.21 Å². The molecule has 0 aromatic carbocycles. The van der Waals surface area contributed by atoms with Gasteiger partial charge in [-0.25, -0.2) is 4.98 Å². The Morgan fingerprint density at radius 2 is 2.29 bits per heavy atom. The average molecular weight is 249 g/mol. The lowest BCUT2D eigenvalue weighted by Crippen LogP contribution is -2.30. The van der Waals surface area contributed by atoms with Gasteiger partial charge in [-0.1, -0.05) is 0 Å². The molecule has 1 N–H and O–H groups in total. The molecule has 0 radical (unpaired) electrons. The molecule has 1 aromatic rings. The Labute approximate surface area is 104 Å². The largest absolute Gasteiger partial charge is 0.317 e. The van der Waals surface area contributed by atoms with Crippen LogP contribution in [0.15, 0.2) is 23.4 Å². The summed E-state index contributed by atoms with van der Waals surface area (Å²) in [7, 11) is -1.15. The highest BCUT2D eigenvalue weighted by Crippen LogP contribution is 2.17. The van der Waals surface area contributed by atoms with Gasteiger partial charge in [0, 0.05) is 11.9 Å². The van der Waals surface area contributed by atoms with Gasteiger partial charge in [-0.05, 0) is 44.0 Å². The van der Waals surface area contributed by atoms with Crippen molar-refractivity contribution in [3.8, 4) is 6.07 Å². The van der Waals surface area contributed by atoms with E-state index < -0.39 is 10.8 Å². The lowest BCUT2D eigenvalue weighted by molar-refractivity contribution is 0.405. The molecule has 0 aliphatic carbocycles. The minimum atomic E-state index is -1.15. The van der Waals surface area contributed by atoms with Crippen LogP contribution in [0, 0.1) is 17.2 Å². The second kappa shape index (κ2) is 5.89. The number of nitrogens with zero attached hydrogens (tertiary/aromatic N) is 2. The summed E-state index contributed by atoms with van der Waals surface area (Å²) in [6.07, 6.45) is 3.71. The first-order chi connectivity index (χ1) is 8.31. The van der Waals surface area contributed by atoms with Crippen molar-refractivity contribution in [1.29, 1.82) is 5.26 Å². The molecule has 2 heterocycles. The molecule has 1 aromatic heterocycles. The molecule has 1 aliphatic rings. The number of hydrogen-bond donors (Lipinski definition) is 1. The number of pyridine rings is 1. The van der Waals surface area contributed by atoms with Crippen LogP contribution in [-0.4, -0.2) is 28.0 Å². The Bertz CT molecular complexity index is 449. The molecule has 4 nitrogen and oxygen atoms in total. The van der Waals surface area contributed by atoms with E-state index in [1.54, 1.807) is 18.3 Å². The fourth-order valence-electron chi connectivity index (χ4n) is 2.00. The fraction of sp³-hybridized carbons (Fsp3) is 0.500. The van der Waals surface area contributed by atoms with Crippen molar-refractivity contribution in [3.05, 3.63) is 23.9 Å². The summed E-state index contributed by atoms with van der Waals surface area (Å²) in [5, 5.41) is 12.7. The van der Waals surface area contributed by atoms with Crippen LogP contribution in [0.1, 0.15) is 18.4 Å². The van der Waals surface area contributed by atoms with Crippen LogP contribution in [0.4, 0.5) is 0 Å². The Morgan fingerprint density at radius 1 is 1.53 bits per heavy atom. The molecular weight excluding hydrogens is 234 g/mol. The monoisotopic (exact) mass is 249 g/mol. The molecule has 90 valence electrons. The van der Waals surface area contributed by atoms with E-state index in [1.807, 2.05) is 6.07 Å². The molecule has 1 saturated heterocycles. The molecule has 2 rings (SSSR count). The van der Waals surface area contributed by atoms with Crippen LogP contribution >= 0.6 is 0 Å². The molecule has 17 heavy (non-hydrogen) atoms. The molecule has 1 aliphatic heterocycles. The molecule has 5 heteroatoms. The Kier molecular flexibility index (Phi) is 4.24. The number of rotatable bonds is 3. The summed E-state index contributed by atoms with van der Waals surface area (Å²) in [4.78, 5) is 4.08. The van der Waals surface area contributed by atoms with E-state index in [1.165, 1.54) is 0 Å². The van der Waals surface area contributed by atoms with Crippen LogP contribution in [0.3, 0.4) is 0 Å². The van der Waals surface area contributed by atoms with Gasteiger partial charge in [0.2, 0.25) is 0 Å². The number of hydrogen-bond acceptors (Lipinski definition) is 4. The van der Waals surface area contributed by atoms with Gasteiger partial charge in [0.1, 0.15) is 11.1 Å². The summed E-state index contributed by atoms with van der Waals surface area (Å²) >= 11 is 0. The Morgan fingerprint density at radius 3 is 3.00 bits per heavy atom. The maximum absolute atomic E-state index is 12.2. The summed E-state index contributed by atoms with van der Waals surface area (Å²) < 4.78 is 12.2. The Hall–Kier alpha value is -1.25. The summed E-state index contributed by atoms with van der Waals surface area (Å²) in [5.74, 6) is 1.10. The van der Waals surface area contributed by atoms with Gasteiger partial charge in [-0.2, -0.15) is 5.26 Å². The molecule has 0 unspecified atom stereocenters. The van der Waals surface area contributed by atoms with Crippen molar-refractivity contribution in [2.24, 2.45) is 5.92 Å². The number of nitriles is 1. The third-order valence-electron chi connectivity index (χ3n) is 2.95. The first-order valence-electron chi connectivity index (χ1n) is 5.75. The topological polar surface area (TPSA) is 65.8 Å². The SMILES string of the molecule is N#Cc1cccnc1[S@@](=O)CC1CCNCC1. The van der Waals surface area contributed by atoms with E-state index in [4.69, 9.17) is 5.26 Å². The van der Waals surface area contributed by atoms with Gasteiger partial charge >= 0.3 is 0 Å². The van der Waals surface area contributed by atoms with Crippen LogP contribution in [0.5, 0.6) is 0 Å². The maximum Gasteiger partial charge on any atom is 0.144 e. The van der Waals surface area contributed by atoms with Crippen molar-refractivity contribution >= 4 is 10.8 Å². The lowest BCUT2D eigenvalue weighted by atomic mass is 10.0. The predicted octanol–water partition coefficient (Wildman–Crippen LogP) is 1.06. The summed E-state index contributed by atoms with van der Waals surface area (Å²) in [6.45, 7) is 1.99. The second-order valence-corrected chi connectivity index (χ2v) is 5.58. The quantitative estimate of drug-likeness (QED) is 0.870.